The third-order valence-electron chi connectivity index (χ3n) is 4.01. The predicted molar refractivity (Wildman–Crippen MR) is 84.3 cm³/mol. The second kappa shape index (κ2) is 7.46. The first-order valence-corrected chi connectivity index (χ1v) is 7.95. The van der Waals surface area contributed by atoms with Crippen LogP contribution in [0.4, 0.5) is 0 Å². The van der Waals surface area contributed by atoms with Crippen LogP contribution in [0.25, 0.3) is 0 Å². The van der Waals surface area contributed by atoms with Gasteiger partial charge in [0.15, 0.2) is 6.10 Å². The van der Waals surface area contributed by atoms with E-state index in [0.29, 0.717) is 6.54 Å². The average Bonchev–Trinajstić information content (AvgIpc) is 2.48. The van der Waals surface area contributed by atoms with Gasteiger partial charge in [0, 0.05) is 12.6 Å². The fourth-order valence-electron chi connectivity index (χ4n) is 2.74. The number of nitrogens with two attached hydrogens (primary N) is 1. The first-order chi connectivity index (χ1) is 10.1. The highest BCUT2D eigenvalue weighted by molar-refractivity contribution is 5.80. The molecule has 0 heterocycles. The zero-order valence-corrected chi connectivity index (χ0v) is 13.0. The van der Waals surface area contributed by atoms with Crippen molar-refractivity contribution in [2.45, 2.75) is 58.1 Å². The zero-order valence-electron chi connectivity index (χ0n) is 13.0. The van der Waals surface area contributed by atoms with Gasteiger partial charge in [-0.15, -0.1) is 0 Å². The van der Waals surface area contributed by atoms with Crippen LogP contribution in [0.1, 0.15) is 56.7 Å². The van der Waals surface area contributed by atoms with Crippen molar-refractivity contribution < 1.29 is 9.53 Å². The Morgan fingerprint density at radius 1 is 1.52 bits per heavy atom. The molecule has 1 aromatic rings. The van der Waals surface area contributed by atoms with Crippen molar-refractivity contribution in [3.63, 3.8) is 0 Å². The summed E-state index contributed by atoms with van der Waals surface area (Å²) in [6.07, 6.45) is 4.65. The molecule has 1 amide bonds. The Labute approximate surface area is 127 Å². The summed E-state index contributed by atoms with van der Waals surface area (Å²) in [6.45, 7) is 4.61. The number of carbonyl (C=O) groups excluding carboxylic acids is 1. The summed E-state index contributed by atoms with van der Waals surface area (Å²) in [5, 5.41) is 2.90. The maximum Gasteiger partial charge on any atom is 0.260 e. The van der Waals surface area contributed by atoms with E-state index in [1.807, 2.05) is 12.1 Å². The molecule has 0 bridgehead atoms. The molecule has 2 atom stereocenters. The highest BCUT2D eigenvalue weighted by Crippen LogP contribution is 2.34. The lowest BCUT2D eigenvalue weighted by Gasteiger charge is -2.25. The largest absolute Gasteiger partial charge is 0.481 e. The van der Waals surface area contributed by atoms with Crippen molar-refractivity contribution in [1.29, 1.82) is 0 Å². The van der Waals surface area contributed by atoms with Crippen molar-refractivity contribution in [3.8, 4) is 5.75 Å². The molecular formula is C17H26N2O2. The van der Waals surface area contributed by atoms with Crippen LogP contribution in [0.5, 0.6) is 5.75 Å². The SMILES string of the molecule is CCCCNC(=O)C(C)Oc1cccc2c1CCCC2N. The third-order valence-corrected chi connectivity index (χ3v) is 4.01. The number of rotatable bonds is 6. The Hall–Kier alpha value is -1.55. The average molecular weight is 290 g/mol. The first kappa shape index (κ1) is 15.8. The minimum Gasteiger partial charge on any atom is -0.481 e. The molecule has 116 valence electrons. The summed E-state index contributed by atoms with van der Waals surface area (Å²) in [5.41, 5.74) is 8.49. The van der Waals surface area contributed by atoms with Crippen LogP contribution < -0.4 is 15.8 Å². The topological polar surface area (TPSA) is 64.3 Å². The molecule has 1 aliphatic carbocycles. The van der Waals surface area contributed by atoms with Crippen molar-refractivity contribution in [2.75, 3.05) is 6.54 Å². The summed E-state index contributed by atoms with van der Waals surface area (Å²) >= 11 is 0. The maximum absolute atomic E-state index is 12.0. The molecule has 3 N–H and O–H groups in total. The van der Waals surface area contributed by atoms with Crippen LogP contribution in [-0.4, -0.2) is 18.6 Å². The third kappa shape index (κ3) is 3.97. The molecule has 1 aromatic carbocycles. The van der Waals surface area contributed by atoms with E-state index in [0.717, 1.165) is 43.4 Å². The number of ether oxygens (including phenoxy) is 1. The summed E-state index contributed by atoms with van der Waals surface area (Å²) < 4.78 is 5.89. The lowest BCUT2D eigenvalue weighted by Crippen LogP contribution is -2.37. The van der Waals surface area contributed by atoms with Gasteiger partial charge in [-0.2, -0.15) is 0 Å². The van der Waals surface area contributed by atoms with Gasteiger partial charge in [-0.05, 0) is 49.8 Å². The number of fused-ring (bicyclic) bond motifs is 1. The van der Waals surface area contributed by atoms with Gasteiger partial charge in [0.25, 0.3) is 5.91 Å². The van der Waals surface area contributed by atoms with E-state index in [1.165, 1.54) is 5.56 Å². The van der Waals surface area contributed by atoms with E-state index in [1.54, 1.807) is 6.92 Å². The van der Waals surface area contributed by atoms with E-state index >= 15 is 0 Å². The lowest BCUT2D eigenvalue weighted by molar-refractivity contribution is -0.127. The van der Waals surface area contributed by atoms with Gasteiger partial charge in [0.05, 0.1) is 0 Å². The van der Waals surface area contributed by atoms with E-state index in [9.17, 15) is 4.79 Å². The molecule has 2 unspecified atom stereocenters. The zero-order chi connectivity index (χ0) is 15.2. The highest BCUT2D eigenvalue weighted by Gasteiger charge is 2.22. The van der Waals surface area contributed by atoms with Crippen molar-refractivity contribution in [3.05, 3.63) is 29.3 Å². The van der Waals surface area contributed by atoms with Crippen LogP contribution in [0, 0.1) is 0 Å². The minimum absolute atomic E-state index is 0.0545. The quantitative estimate of drug-likeness (QED) is 0.792. The number of nitrogens with one attached hydrogen (secondary N) is 1. The van der Waals surface area contributed by atoms with E-state index < -0.39 is 6.10 Å². The van der Waals surface area contributed by atoms with E-state index in [-0.39, 0.29) is 11.9 Å². The molecule has 2 rings (SSSR count). The van der Waals surface area contributed by atoms with Crippen LogP contribution in [0.15, 0.2) is 18.2 Å². The second-order valence-corrected chi connectivity index (χ2v) is 5.73. The Bertz CT molecular complexity index is 488. The number of hydrogen-bond acceptors (Lipinski definition) is 3. The molecular weight excluding hydrogens is 264 g/mol. The van der Waals surface area contributed by atoms with Crippen LogP contribution >= 0.6 is 0 Å². The van der Waals surface area contributed by atoms with Gasteiger partial charge in [-0.25, -0.2) is 0 Å². The van der Waals surface area contributed by atoms with Crippen molar-refractivity contribution >= 4 is 5.91 Å². The molecule has 0 aliphatic heterocycles. The first-order valence-electron chi connectivity index (χ1n) is 7.95. The van der Waals surface area contributed by atoms with Gasteiger partial charge in [-0.1, -0.05) is 25.5 Å². The molecule has 0 aromatic heterocycles. The minimum atomic E-state index is -0.480. The van der Waals surface area contributed by atoms with E-state index in [2.05, 4.69) is 18.3 Å². The van der Waals surface area contributed by atoms with Gasteiger partial charge in [0.2, 0.25) is 0 Å². The van der Waals surface area contributed by atoms with Crippen molar-refractivity contribution in [1.82, 2.24) is 5.32 Å². The molecule has 0 radical (unpaired) electrons. The maximum atomic E-state index is 12.0. The summed E-state index contributed by atoms with van der Waals surface area (Å²) in [7, 11) is 0. The molecule has 21 heavy (non-hydrogen) atoms. The molecule has 0 saturated heterocycles. The smallest absolute Gasteiger partial charge is 0.260 e. The number of carbonyl (C=O) groups is 1. The standard InChI is InChI=1S/C17H26N2O2/c1-3-4-11-19-17(20)12(2)21-16-10-6-7-13-14(16)8-5-9-15(13)18/h6-7,10,12,15H,3-5,8-9,11,18H2,1-2H3,(H,19,20). The van der Waals surface area contributed by atoms with Gasteiger partial charge in [-0.3, -0.25) is 4.79 Å². The Balaban J connectivity index is 2.02. The number of benzene rings is 1. The molecule has 1 aliphatic rings. The van der Waals surface area contributed by atoms with Gasteiger partial charge < -0.3 is 15.8 Å². The van der Waals surface area contributed by atoms with E-state index in [4.69, 9.17) is 10.5 Å². The van der Waals surface area contributed by atoms with Gasteiger partial charge in [0.1, 0.15) is 5.75 Å². The normalized spacial score (nSPS) is 18.7. The molecule has 0 fully saturated rings. The molecule has 0 spiro atoms. The number of amides is 1. The fraction of sp³-hybridized carbons (Fsp3) is 0.588. The lowest BCUT2D eigenvalue weighted by atomic mass is 9.87. The molecule has 4 nitrogen and oxygen atoms in total. The molecule has 0 saturated carbocycles. The summed E-state index contributed by atoms with van der Waals surface area (Å²) in [4.78, 5) is 12.0. The molecule has 4 heteroatoms. The Morgan fingerprint density at radius 3 is 3.10 bits per heavy atom. The highest BCUT2D eigenvalue weighted by atomic mass is 16.5. The summed E-state index contributed by atoms with van der Waals surface area (Å²) in [5.74, 6) is 0.752. The Morgan fingerprint density at radius 2 is 2.33 bits per heavy atom. The number of hydrogen-bond donors (Lipinski definition) is 2. The van der Waals surface area contributed by atoms with Crippen LogP contribution in [0.2, 0.25) is 0 Å². The van der Waals surface area contributed by atoms with Crippen LogP contribution in [-0.2, 0) is 11.2 Å². The fourth-order valence-corrected chi connectivity index (χ4v) is 2.74. The second-order valence-electron chi connectivity index (χ2n) is 5.73. The Kier molecular flexibility index (Phi) is 5.62. The van der Waals surface area contributed by atoms with Crippen molar-refractivity contribution in [2.24, 2.45) is 5.73 Å². The monoisotopic (exact) mass is 290 g/mol. The summed E-state index contributed by atoms with van der Waals surface area (Å²) in [6, 6.07) is 6.05. The van der Waals surface area contributed by atoms with Gasteiger partial charge >= 0.3 is 0 Å². The van der Waals surface area contributed by atoms with Crippen LogP contribution in [0.3, 0.4) is 0 Å². The number of unbranched alkanes of at least 4 members (excludes halogenated alkanes) is 1. The predicted octanol–water partition coefficient (Wildman–Crippen LogP) is 2.71.